The molecule has 1 unspecified atom stereocenters. The number of hydrogen-bond donors (Lipinski definition) is 1. The molecule has 0 rings (SSSR count). The highest BCUT2D eigenvalue weighted by Gasteiger charge is 2.07. The molecule has 0 heterocycles. The first-order valence-corrected chi connectivity index (χ1v) is 5.36. The molecule has 0 fully saturated rings. The average Bonchev–Trinajstić information content (AvgIpc) is 2.39. The van der Waals surface area contributed by atoms with Crippen LogP contribution >= 0.6 is 0 Å². The van der Waals surface area contributed by atoms with E-state index in [-0.39, 0.29) is 13.2 Å². The van der Waals surface area contributed by atoms with Gasteiger partial charge in [-0.2, -0.15) is 0 Å². The van der Waals surface area contributed by atoms with Gasteiger partial charge in [0.05, 0.1) is 0 Å². The molecule has 18 heavy (non-hydrogen) atoms. The van der Waals surface area contributed by atoms with Crippen molar-refractivity contribution in [3.8, 4) is 0 Å². The van der Waals surface area contributed by atoms with Gasteiger partial charge in [0.25, 0.3) is 0 Å². The van der Waals surface area contributed by atoms with E-state index in [0.29, 0.717) is 5.76 Å². The Bertz CT molecular complexity index is 353. The normalized spacial score (nSPS) is 12.8. The zero-order valence-electron chi connectivity index (χ0n) is 10.2. The molecule has 0 amide bonds. The standard InChI is InChI=1S/C14H18O4/c1-4-7-8-9-13(5-2)17-10-12(15)11-18-14(16)6-3/h4-9,12,15H,1-3,10-11H2/b8-7-,13-9+. The molecule has 1 N–H and O–H groups in total. The second kappa shape index (κ2) is 10.1. The van der Waals surface area contributed by atoms with Crippen molar-refractivity contribution in [2.75, 3.05) is 13.2 Å². The average molecular weight is 250 g/mol. The number of ether oxygens (including phenoxy) is 2. The molecule has 0 aromatic rings. The predicted molar refractivity (Wildman–Crippen MR) is 70.7 cm³/mol. The lowest BCUT2D eigenvalue weighted by Gasteiger charge is -2.12. The summed E-state index contributed by atoms with van der Waals surface area (Å²) in [6, 6.07) is 0. The van der Waals surface area contributed by atoms with E-state index in [1.165, 1.54) is 6.08 Å². The fraction of sp³-hybridized carbons (Fsp3) is 0.214. The molecule has 0 bridgehead atoms. The van der Waals surface area contributed by atoms with E-state index >= 15 is 0 Å². The van der Waals surface area contributed by atoms with Crippen LogP contribution in [0, 0.1) is 0 Å². The largest absolute Gasteiger partial charge is 0.491 e. The molecule has 0 saturated carbocycles. The number of rotatable bonds is 9. The third-order valence-electron chi connectivity index (χ3n) is 1.74. The summed E-state index contributed by atoms with van der Waals surface area (Å²) in [5.41, 5.74) is 0. The van der Waals surface area contributed by atoms with Crippen molar-refractivity contribution >= 4 is 5.97 Å². The minimum absolute atomic E-state index is 0.00417. The summed E-state index contributed by atoms with van der Waals surface area (Å²) >= 11 is 0. The quantitative estimate of drug-likeness (QED) is 0.294. The minimum Gasteiger partial charge on any atom is -0.491 e. The Morgan fingerprint density at radius 1 is 1.11 bits per heavy atom. The molecule has 0 spiro atoms. The SMILES string of the molecule is C=C/C=C\C=C(/C=C)OCC(O)COC(=O)C=C. The molecule has 0 aromatic heterocycles. The summed E-state index contributed by atoms with van der Waals surface area (Å²) in [7, 11) is 0. The van der Waals surface area contributed by atoms with Gasteiger partial charge in [0, 0.05) is 6.08 Å². The van der Waals surface area contributed by atoms with Crippen molar-refractivity contribution in [1.82, 2.24) is 0 Å². The second-order valence-electron chi connectivity index (χ2n) is 3.19. The minimum atomic E-state index is -0.902. The van der Waals surface area contributed by atoms with E-state index in [1.807, 2.05) is 0 Å². The number of hydrogen-bond acceptors (Lipinski definition) is 4. The van der Waals surface area contributed by atoms with Gasteiger partial charge in [0.15, 0.2) is 0 Å². The number of carbonyl (C=O) groups is 1. The fourth-order valence-electron chi connectivity index (χ4n) is 0.882. The Morgan fingerprint density at radius 2 is 1.78 bits per heavy atom. The van der Waals surface area contributed by atoms with Crippen molar-refractivity contribution in [2.45, 2.75) is 6.10 Å². The Morgan fingerprint density at radius 3 is 2.33 bits per heavy atom. The van der Waals surface area contributed by atoms with Gasteiger partial charge in [-0.25, -0.2) is 4.79 Å². The summed E-state index contributed by atoms with van der Waals surface area (Å²) in [4.78, 5) is 10.7. The molecule has 0 saturated heterocycles. The van der Waals surface area contributed by atoms with Gasteiger partial charge >= 0.3 is 5.97 Å². The van der Waals surface area contributed by atoms with Crippen LogP contribution in [0.2, 0.25) is 0 Å². The first-order valence-electron chi connectivity index (χ1n) is 5.36. The van der Waals surface area contributed by atoms with Crippen LogP contribution in [0.25, 0.3) is 0 Å². The van der Waals surface area contributed by atoms with Gasteiger partial charge in [-0.1, -0.05) is 38.0 Å². The highest BCUT2D eigenvalue weighted by atomic mass is 16.5. The molecular weight excluding hydrogens is 232 g/mol. The Kier molecular flexibility index (Phi) is 8.95. The highest BCUT2D eigenvalue weighted by molar-refractivity contribution is 5.81. The predicted octanol–water partition coefficient (Wildman–Crippen LogP) is 1.91. The van der Waals surface area contributed by atoms with Gasteiger partial charge in [0.1, 0.15) is 25.1 Å². The van der Waals surface area contributed by atoms with Crippen LogP contribution in [0.5, 0.6) is 0 Å². The van der Waals surface area contributed by atoms with Crippen molar-refractivity contribution in [1.29, 1.82) is 0 Å². The highest BCUT2D eigenvalue weighted by Crippen LogP contribution is 2.01. The Balaban J connectivity index is 4.04. The number of aliphatic hydroxyl groups is 1. The summed E-state index contributed by atoms with van der Waals surface area (Å²) < 4.78 is 9.91. The summed E-state index contributed by atoms with van der Waals surface area (Å²) in [5.74, 6) is -0.0790. The van der Waals surface area contributed by atoms with Gasteiger partial charge in [-0.3, -0.25) is 0 Å². The molecule has 98 valence electrons. The number of carbonyl (C=O) groups excluding carboxylic acids is 1. The smallest absolute Gasteiger partial charge is 0.330 e. The molecular formula is C14H18O4. The number of esters is 1. The lowest BCUT2D eigenvalue weighted by atomic mass is 10.3. The van der Waals surface area contributed by atoms with Crippen LogP contribution in [0.4, 0.5) is 0 Å². The Hall–Kier alpha value is -2.07. The number of aliphatic hydroxyl groups excluding tert-OH is 1. The Labute approximate surface area is 107 Å². The van der Waals surface area contributed by atoms with Gasteiger partial charge in [0.2, 0.25) is 0 Å². The molecule has 0 aliphatic heterocycles. The molecule has 4 nitrogen and oxygen atoms in total. The van der Waals surface area contributed by atoms with Gasteiger partial charge < -0.3 is 14.6 Å². The molecule has 0 aliphatic carbocycles. The monoisotopic (exact) mass is 250 g/mol. The molecule has 0 aliphatic rings. The first-order chi connectivity index (χ1) is 8.63. The van der Waals surface area contributed by atoms with E-state index in [0.717, 1.165) is 6.08 Å². The van der Waals surface area contributed by atoms with E-state index < -0.39 is 12.1 Å². The number of allylic oxidation sites excluding steroid dienone is 5. The topological polar surface area (TPSA) is 55.8 Å². The van der Waals surface area contributed by atoms with Gasteiger partial charge in [-0.15, -0.1) is 0 Å². The van der Waals surface area contributed by atoms with Crippen molar-refractivity contribution < 1.29 is 19.4 Å². The summed E-state index contributed by atoms with van der Waals surface area (Å²) in [6.45, 7) is 10.2. The van der Waals surface area contributed by atoms with E-state index in [4.69, 9.17) is 4.74 Å². The lowest BCUT2D eigenvalue weighted by Crippen LogP contribution is -2.22. The van der Waals surface area contributed by atoms with Crippen LogP contribution in [0.1, 0.15) is 0 Å². The maximum absolute atomic E-state index is 10.7. The second-order valence-corrected chi connectivity index (χ2v) is 3.19. The zero-order chi connectivity index (χ0) is 13.8. The summed E-state index contributed by atoms with van der Waals surface area (Å²) in [5, 5.41) is 9.48. The van der Waals surface area contributed by atoms with Crippen LogP contribution < -0.4 is 0 Å². The van der Waals surface area contributed by atoms with Crippen LogP contribution in [-0.2, 0) is 14.3 Å². The maximum Gasteiger partial charge on any atom is 0.330 e. The molecule has 0 radical (unpaired) electrons. The van der Waals surface area contributed by atoms with Crippen molar-refractivity contribution in [3.63, 3.8) is 0 Å². The first kappa shape index (κ1) is 15.9. The molecule has 4 heteroatoms. The van der Waals surface area contributed by atoms with Crippen molar-refractivity contribution in [2.24, 2.45) is 0 Å². The fourth-order valence-corrected chi connectivity index (χ4v) is 0.882. The van der Waals surface area contributed by atoms with E-state index in [1.54, 1.807) is 24.3 Å². The van der Waals surface area contributed by atoms with Crippen LogP contribution in [0.15, 0.2) is 62.0 Å². The van der Waals surface area contributed by atoms with Crippen LogP contribution in [0.3, 0.4) is 0 Å². The molecule has 0 aromatic carbocycles. The lowest BCUT2D eigenvalue weighted by molar-refractivity contribution is -0.141. The maximum atomic E-state index is 10.7. The van der Waals surface area contributed by atoms with E-state index in [9.17, 15) is 9.90 Å². The summed E-state index contributed by atoms with van der Waals surface area (Å²) in [6.07, 6.45) is 8.40. The van der Waals surface area contributed by atoms with E-state index in [2.05, 4.69) is 24.5 Å². The molecule has 1 atom stereocenters. The van der Waals surface area contributed by atoms with Crippen LogP contribution in [-0.4, -0.2) is 30.4 Å². The van der Waals surface area contributed by atoms with Crippen molar-refractivity contribution in [3.05, 3.63) is 62.0 Å². The third kappa shape index (κ3) is 8.13. The zero-order valence-corrected chi connectivity index (χ0v) is 10.2. The van der Waals surface area contributed by atoms with Gasteiger partial charge in [-0.05, 0) is 12.2 Å². The third-order valence-corrected chi connectivity index (χ3v) is 1.74.